The number of carbonyl (C=O) groups is 1. The zero-order valence-electron chi connectivity index (χ0n) is 13.7. The van der Waals surface area contributed by atoms with Crippen LogP contribution in [0.1, 0.15) is 51.0 Å². The van der Waals surface area contributed by atoms with Gasteiger partial charge in [0.25, 0.3) is 0 Å². The number of nitrogens with one attached hydrogen (secondary N) is 1. The fourth-order valence-electron chi connectivity index (χ4n) is 3.11. The van der Waals surface area contributed by atoms with Gasteiger partial charge in [0.15, 0.2) is 0 Å². The molecular weight excluding hydrogens is 296 g/mol. The molecule has 22 heavy (non-hydrogen) atoms. The van der Waals surface area contributed by atoms with Gasteiger partial charge in [-0.2, -0.15) is 0 Å². The number of rotatable bonds is 5. The summed E-state index contributed by atoms with van der Waals surface area (Å²) in [6, 6.07) is 9.81. The third kappa shape index (κ3) is 5.29. The molecule has 4 heteroatoms. The van der Waals surface area contributed by atoms with Gasteiger partial charge in [-0.05, 0) is 42.6 Å². The minimum atomic E-state index is -0.230. The van der Waals surface area contributed by atoms with Gasteiger partial charge in [0.2, 0.25) is 5.91 Å². The van der Waals surface area contributed by atoms with E-state index < -0.39 is 0 Å². The van der Waals surface area contributed by atoms with Crippen LogP contribution in [0.15, 0.2) is 30.3 Å². The molecule has 0 aromatic heterocycles. The van der Waals surface area contributed by atoms with Crippen LogP contribution >= 0.6 is 12.4 Å². The summed E-state index contributed by atoms with van der Waals surface area (Å²) < 4.78 is 0. The lowest BCUT2D eigenvalue weighted by Gasteiger charge is -2.34. The summed E-state index contributed by atoms with van der Waals surface area (Å²) >= 11 is 0. The van der Waals surface area contributed by atoms with Crippen molar-refractivity contribution in [3.05, 3.63) is 35.9 Å². The van der Waals surface area contributed by atoms with Gasteiger partial charge in [0.05, 0.1) is 5.92 Å². The van der Waals surface area contributed by atoms with Crippen LogP contribution in [0.4, 0.5) is 0 Å². The van der Waals surface area contributed by atoms with Gasteiger partial charge in [-0.1, -0.05) is 44.2 Å². The molecule has 0 spiro atoms. The molecule has 1 fully saturated rings. The number of halogens is 1. The van der Waals surface area contributed by atoms with E-state index in [4.69, 9.17) is 5.73 Å². The average molecular weight is 325 g/mol. The Labute approximate surface area is 140 Å². The Kier molecular flexibility index (Phi) is 7.37. The van der Waals surface area contributed by atoms with Gasteiger partial charge in [-0.25, -0.2) is 0 Å². The van der Waals surface area contributed by atoms with Crippen LogP contribution < -0.4 is 11.1 Å². The molecule has 1 aliphatic rings. The summed E-state index contributed by atoms with van der Waals surface area (Å²) in [6.07, 6.45) is 4.94. The van der Waals surface area contributed by atoms with Crippen molar-refractivity contribution in [1.82, 2.24) is 5.32 Å². The second-order valence-corrected chi connectivity index (χ2v) is 7.05. The maximum atomic E-state index is 12.4. The molecule has 2 rings (SSSR count). The Hall–Kier alpha value is -1.06. The molecule has 3 N–H and O–H groups in total. The molecule has 1 aromatic rings. The van der Waals surface area contributed by atoms with E-state index in [0.717, 1.165) is 12.1 Å². The lowest BCUT2D eigenvalue weighted by Crippen LogP contribution is -2.37. The van der Waals surface area contributed by atoms with Gasteiger partial charge in [-0.3, -0.25) is 4.79 Å². The lowest BCUT2D eigenvalue weighted by atomic mass is 9.73. The highest BCUT2D eigenvalue weighted by molar-refractivity contribution is 5.85. The Bertz CT molecular complexity index is 451. The van der Waals surface area contributed by atoms with Crippen LogP contribution in [-0.2, 0) is 4.79 Å². The first-order valence-corrected chi connectivity index (χ1v) is 8.04. The smallest absolute Gasteiger partial charge is 0.228 e. The average Bonchev–Trinajstić information content (AvgIpc) is 2.48. The molecule has 3 nitrogen and oxygen atoms in total. The van der Waals surface area contributed by atoms with E-state index in [-0.39, 0.29) is 24.2 Å². The van der Waals surface area contributed by atoms with Crippen molar-refractivity contribution in [2.45, 2.75) is 45.4 Å². The molecule has 1 saturated carbocycles. The Morgan fingerprint density at radius 1 is 1.27 bits per heavy atom. The third-order valence-electron chi connectivity index (χ3n) is 4.78. The summed E-state index contributed by atoms with van der Waals surface area (Å²) in [4.78, 5) is 12.4. The number of carbonyl (C=O) groups excluding carboxylic acids is 1. The van der Waals surface area contributed by atoms with E-state index in [1.54, 1.807) is 0 Å². The molecule has 124 valence electrons. The van der Waals surface area contributed by atoms with Gasteiger partial charge in [0.1, 0.15) is 0 Å². The van der Waals surface area contributed by atoms with Gasteiger partial charge < -0.3 is 11.1 Å². The first-order chi connectivity index (χ1) is 10.0. The number of hydrogen-bond acceptors (Lipinski definition) is 2. The largest absolute Gasteiger partial charge is 0.355 e. The van der Waals surface area contributed by atoms with Crippen molar-refractivity contribution in [3.63, 3.8) is 0 Å². The predicted octanol–water partition coefficient (Wildman–Crippen LogP) is 3.48. The summed E-state index contributed by atoms with van der Waals surface area (Å²) in [6.45, 7) is 5.81. The zero-order chi connectivity index (χ0) is 15.3. The normalized spacial score (nSPS) is 19.0. The maximum absolute atomic E-state index is 12.4. The topological polar surface area (TPSA) is 55.1 Å². The van der Waals surface area contributed by atoms with E-state index in [9.17, 15) is 4.79 Å². The first-order valence-electron chi connectivity index (χ1n) is 8.04. The third-order valence-corrected chi connectivity index (χ3v) is 4.78. The molecule has 0 saturated heterocycles. The molecule has 1 atom stereocenters. The second-order valence-electron chi connectivity index (χ2n) is 7.05. The van der Waals surface area contributed by atoms with E-state index in [1.165, 1.54) is 25.7 Å². The Morgan fingerprint density at radius 3 is 2.41 bits per heavy atom. The predicted molar refractivity (Wildman–Crippen MR) is 94.2 cm³/mol. The van der Waals surface area contributed by atoms with Crippen LogP contribution in [0, 0.1) is 11.3 Å². The minimum Gasteiger partial charge on any atom is -0.355 e. The highest BCUT2D eigenvalue weighted by atomic mass is 35.5. The summed E-state index contributed by atoms with van der Waals surface area (Å²) in [5.41, 5.74) is 7.27. The van der Waals surface area contributed by atoms with Crippen LogP contribution in [0.2, 0.25) is 0 Å². The molecule has 1 aliphatic carbocycles. The van der Waals surface area contributed by atoms with Crippen molar-refractivity contribution in [2.75, 3.05) is 13.1 Å². The van der Waals surface area contributed by atoms with Crippen molar-refractivity contribution in [1.29, 1.82) is 0 Å². The van der Waals surface area contributed by atoms with Crippen molar-refractivity contribution in [2.24, 2.45) is 17.1 Å². The fraction of sp³-hybridized carbons (Fsp3) is 0.611. The van der Waals surface area contributed by atoms with E-state index >= 15 is 0 Å². The fourth-order valence-corrected chi connectivity index (χ4v) is 3.11. The van der Waals surface area contributed by atoms with E-state index in [0.29, 0.717) is 17.9 Å². The van der Waals surface area contributed by atoms with E-state index in [1.807, 2.05) is 30.3 Å². The standard InChI is InChI=1S/C18H28N2O.ClH/c1-18(2)10-8-14(9-11-18)13-20-17(21)16(12-19)15-6-4-3-5-7-15;/h3-7,14,16H,8-13,19H2,1-2H3,(H,20,21);1H. The summed E-state index contributed by atoms with van der Waals surface area (Å²) in [5, 5.41) is 3.11. The Balaban J connectivity index is 0.00000242. The summed E-state index contributed by atoms with van der Waals surface area (Å²) in [5.74, 6) is 0.455. The number of nitrogens with two attached hydrogens (primary N) is 1. The molecule has 0 bridgehead atoms. The van der Waals surface area contributed by atoms with Crippen molar-refractivity contribution >= 4 is 18.3 Å². The molecule has 1 amide bonds. The highest BCUT2D eigenvalue weighted by Crippen LogP contribution is 2.37. The quantitative estimate of drug-likeness (QED) is 0.871. The molecule has 0 aliphatic heterocycles. The maximum Gasteiger partial charge on any atom is 0.228 e. The van der Waals surface area contributed by atoms with Crippen LogP contribution in [0.5, 0.6) is 0 Å². The minimum absolute atomic E-state index is 0. The molecule has 1 unspecified atom stereocenters. The second kappa shape index (κ2) is 8.54. The van der Waals surface area contributed by atoms with E-state index in [2.05, 4.69) is 19.2 Å². The van der Waals surface area contributed by atoms with Crippen LogP contribution in [-0.4, -0.2) is 19.0 Å². The monoisotopic (exact) mass is 324 g/mol. The number of amides is 1. The van der Waals surface area contributed by atoms with Gasteiger partial charge in [-0.15, -0.1) is 12.4 Å². The molecule has 0 heterocycles. The SMILES string of the molecule is CC1(C)CCC(CNC(=O)C(CN)c2ccccc2)CC1.Cl. The number of hydrogen-bond donors (Lipinski definition) is 2. The van der Waals surface area contributed by atoms with Crippen molar-refractivity contribution < 1.29 is 4.79 Å². The lowest BCUT2D eigenvalue weighted by molar-refractivity contribution is -0.122. The summed E-state index contributed by atoms with van der Waals surface area (Å²) in [7, 11) is 0. The first kappa shape index (κ1) is 19.0. The highest BCUT2D eigenvalue weighted by Gasteiger charge is 2.27. The van der Waals surface area contributed by atoms with Crippen LogP contribution in [0.25, 0.3) is 0 Å². The molecule has 1 aromatic carbocycles. The molecule has 0 radical (unpaired) electrons. The number of benzene rings is 1. The van der Waals surface area contributed by atoms with Gasteiger partial charge >= 0.3 is 0 Å². The van der Waals surface area contributed by atoms with Gasteiger partial charge in [0, 0.05) is 13.1 Å². The zero-order valence-corrected chi connectivity index (χ0v) is 14.5. The van der Waals surface area contributed by atoms with Crippen molar-refractivity contribution in [3.8, 4) is 0 Å². The van der Waals surface area contributed by atoms with Crippen LogP contribution in [0.3, 0.4) is 0 Å². The Morgan fingerprint density at radius 2 is 1.86 bits per heavy atom. The molecular formula is C18H29ClN2O.